The van der Waals surface area contributed by atoms with E-state index in [0.29, 0.717) is 25.3 Å². The highest BCUT2D eigenvalue weighted by molar-refractivity contribution is 7.92. The second-order valence-electron chi connectivity index (χ2n) is 13.2. The molecule has 0 spiro atoms. The fourth-order valence-corrected chi connectivity index (χ4v) is 7.21. The highest BCUT2D eigenvalue weighted by Gasteiger charge is 2.31. The number of amides is 3. The van der Waals surface area contributed by atoms with Gasteiger partial charge in [-0.1, -0.05) is 26.2 Å². The SMILES string of the molecule is C[C@@H]1CN([C@H](C)CO)C(=O)c2cc(NS(=O)(=O)c3ccc(F)cc3)ccc2O[C@@H](C)CCCCO[C@@H]1CN(C)C(=O)NC1CCCCC1. The fraction of sp³-hybridized carbons (Fsp3) is 0.600. The zero-order chi connectivity index (χ0) is 34.8. The molecule has 1 heterocycles. The lowest BCUT2D eigenvalue weighted by molar-refractivity contribution is -0.0123. The van der Waals surface area contributed by atoms with Gasteiger partial charge in [0.15, 0.2) is 0 Å². The maximum Gasteiger partial charge on any atom is 0.317 e. The van der Waals surface area contributed by atoms with Crippen LogP contribution in [0, 0.1) is 11.7 Å². The van der Waals surface area contributed by atoms with Crippen LogP contribution in [0.1, 0.15) is 82.5 Å². The number of hydrogen-bond acceptors (Lipinski definition) is 7. The van der Waals surface area contributed by atoms with E-state index < -0.39 is 33.9 Å². The number of nitrogens with zero attached hydrogens (tertiary/aromatic N) is 2. The molecule has 2 aromatic rings. The molecular formula is C35H51FN4O7S. The summed E-state index contributed by atoms with van der Waals surface area (Å²) in [7, 11) is -2.34. The van der Waals surface area contributed by atoms with Gasteiger partial charge in [-0.15, -0.1) is 0 Å². The number of carbonyl (C=O) groups is 2. The lowest BCUT2D eigenvalue weighted by Crippen LogP contribution is -2.50. The van der Waals surface area contributed by atoms with Crippen LogP contribution in [0.3, 0.4) is 0 Å². The number of aliphatic hydroxyl groups is 1. The van der Waals surface area contributed by atoms with Crippen LogP contribution in [-0.4, -0.2) is 92.9 Å². The van der Waals surface area contributed by atoms with E-state index in [0.717, 1.165) is 62.8 Å². The highest BCUT2D eigenvalue weighted by atomic mass is 32.2. The average molecular weight is 691 g/mol. The number of nitrogens with one attached hydrogen (secondary N) is 2. The molecule has 0 bridgehead atoms. The largest absolute Gasteiger partial charge is 0.490 e. The maximum atomic E-state index is 14.3. The second kappa shape index (κ2) is 17.3. The molecule has 2 aliphatic rings. The van der Waals surface area contributed by atoms with Gasteiger partial charge in [-0.25, -0.2) is 17.6 Å². The van der Waals surface area contributed by atoms with Crippen molar-refractivity contribution < 1.29 is 37.0 Å². The number of ether oxygens (including phenoxy) is 2. The zero-order valence-electron chi connectivity index (χ0n) is 28.5. The second-order valence-corrected chi connectivity index (χ2v) is 14.9. The molecule has 1 fully saturated rings. The van der Waals surface area contributed by atoms with Crippen LogP contribution in [0.25, 0.3) is 0 Å². The van der Waals surface area contributed by atoms with E-state index in [1.165, 1.54) is 18.6 Å². The summed E-state index contributed by atoms with van der Waals surface area (Å²) in [6, 6.07) is 8.38. The van der Waals surface area contributed by atoms with Gasteiger partial charge in [0.25, 0.3) is 15.9 Å². The summed E-state index contributed by atoms with van der Waals surface area (Å²) in [5.41, 5.74) is 0.257. The normalized spacial score (nSPS) is 22.5. The van der Waals surface area contributed by atoms with Crippen molar-refractivity contribution >= 4 is 27.6 Å². The van der Waals surface area contributed by atoms with Gasteiger partial charge in [-0.2, -0.15) is 0 Å². The number of fused-ring (bicyclic) bond motifs is 1. The number of aliphatic hydroxyl groups excluding tert-OH is 1. The van der Waals surface area contributed by atoms with Crippen molar-refractivity contribution in [1.82, 2.24) is 15.1 Å². The predicted molar refractivity (Wildman–Crippen MR) is 182 cm³/mol. The number of urea groups is 1. The molecule has 11 nitrogen and oxygen atoms in total. The lowest BCUT2D eigenvalue weighted by Gasteiger charge is -2.36. The first-order chi connectivity index (χ1) is 22.9. The highest BCUT2D eigenvalue weighted by Crippen LogP contribution is 2.30. The van der Waals surface area contributed by atoms with Crippen LogP contribution in [-0.2, 0) is 14.8 Å². The number of carbonyl (C=O) groups excluding carboxylic acids is 2. The number of anilines is 1. The molecule has 0 saturated heterocycles. The Labute approximate surface area is 284 Å². The molecule has 1 aliphatic heterocycles. The molecule has 1 saturated carbocycles. The van der Waals surface area contributed by atoms with Crippen LogP contribution in [0.2, 0.25) is 0 Å². The van der Waals surface area contributed by atoms with Crippen molar-refractivity contribution in [2.75, 3.05) is 38.1 Å². The Hall–Kier alpha value is -3.42. The number of rotatable bonds is 8. The molecule has 0 aromatic heterocycles. The summed E-state index contributed by atoms with van der Waals surface area (Å²) < 4.78 is 54.7. The van der Waals surface area contributed by atoms with E-state index in [1.54, 1.807) is 29.8 Å². The number of halogens is 1. The minimum absolute atomic E-state index is 0.125. The van der Waals surface area contributed by atoms with Crippen molar-refractivity contribution in [2.45, 2.75) is 101 Å². The molecule has 2 aromatic carbocycles. The van der Waals surface area contributed by atoms with Gasteiger partial charge in [0.2, 0.25) is 0 Å². The first kappa shape index (κ1) is 37.4. The van der Waals surface area contributed by atoms with Gasteiger partial charge in [-0.3, -0.25) is 9.52 Å². The summed E-state index contributed by atoms with van der Waals surface area (Å²) in [5.74, 6) is -0.956. The average Bonchev–Trinajstić information content (AvgIpc) is 3.06. The van der Waals surface area contributed by atoms with E-state index in [4.69, 9.17) is 9.47 Å². The summed E-state index contributed by atoms with van der Waals surface area (Å²) in [6.07, 6.45) is 7.00. The van der Waals surface area contributed by atoms with Crippen LogP contribution in [0.4, 0.5) is 14.9 Å². The van der Waals surface area contributed by atoms with Crippen molar-refractivity contribution in [2.24, 2.45) is 5.92 Å². The Bertz CT molecular complexity index is 1470. The molecule has 0 unspecified atom stereocenters. The topological polar surface area (TPSA) is 138 Å². The smallest absolute Gasteiger partial charge is 0.317 e. The quantitative estimate of drug-likeness (QED) is 0.338. The van der Waals surface area contributed by atoms with Crippen molar-refractivity contribution in [3.8, 4) is 5.75 Å². The van der Waals surface area contributed by atoms with Gasteiger partial charge in [0, 0.05) is 44.4 Å². The van der Waals surface area contributed by atoms with Gasteiger partial charge in [-0.05, 0) is 88.4 Å². The standard InChI is InChI=1S/C35H51FN4O7S/c1-24-21-40(25(2)23-41)34(42)31-20-29(38-48(44,45)30-16-13-27(36)14-17-30)15-18-32(31)47-26(3)10-8-9-19-46-33(24)22-39(4)35(43)37-28-11-6-5-7-12-28/h13-18,20,24-26,28,33,38,41H,5-12,19,21-23H2,1-4H3,(H,37,43)/t24-,25-,26+,33-/m1/s1. The first-order valence-corrected chi connectivity index (χ1v) is 18.5. The Morgan fingerprint density at radius 2 is 1.75 bits per heavy atom. The Balaban J connectivity index is 1.61. The molecule has 4 atom stereocenters. The number of likely N-dealkylation sites (N-methyl/N-ethyl adjacent to an activating group) is 1. The molecule has 48 heavy (non-hydrogen) atoms. The molecule has 266 valence electrons. The van der Waals surface area contributed by atoms with Crippen molar-refractivity contribution in [3.63, 3.8) is 0 Å². The fourth-order valence-electron chi connectivity index (χ4n) is 6.16. The third kappa shape index (κ3) is 10.3. The molecule has 3 N–H and O–H groups in total. The van der Waals surface area contributed by atoms with Crippen molar-refractivity contribution in [3.05, 3.63) is 53.8 Å². The summed E-state index contributed by atoms with van der Waals surface area (Å²) in [6.45, 7) is 6.29. The number of benzene rings is 2. The van der Waals surface area contributed by atoms with Crippen LogP contribution >= 0.6 is 0 Å². The van der Waals surface area contributed by atoms with Crippen LogP contribution < -0.4 is 14.8 Å². The Morgan fingerprint density at radius 1 is 1.06 bits per heavy atom. The minimum atomic E-state index is -4.09. The maximum absolute atomic E-state index is 14.3. The monoisotopic (exact) mass is 690 g/mol. The number of hydrogen-bond donors (Lipinski definition) is 3. The third-order valence-electron chi connectivity index (χ3n) is 9.16. The molecule has 4 rings (SSSR count). The first-order valence-electron chi connectivity index (χ1n) is 17.0. The van der Waals surface area contributed by atoms with Crippen molar-refractivity contribution in [1.29, 1.82) is 0 Å². The zero-order valence-corrected chi connectivity index (χ0v) is 29.3. The van der Waals surface area contributed by atoms with E-state index in [9.17, 15) is 27.5 Å². The predicted octanol–water partition coefficient (Wildman–Crippen LogP) is 5.40. The van der Waals surface area contributed by atoms with Crippen LogP contribution in [0.5, 0.6) is 5.75 Å². The molecule has 3 amide bonds. The van der Waals surface area contributed by atoms with E-state index in [2.05, 4.69) is 10.0 Å². The molecular weight excluding hydrogens is 639 g/mol. The van der Waals surface area contributed by atoms with Gasteiger partial charge >= 0.3 is 6.03 Å². The summed E-state index contributed by atoms with van der Waals surface area (Å²) in [4.78, 5) is 30.5. The Kier molecular flexibility index (Phi) is 13.5. The third-order valence-corrected chi connectivity index (χ3v) is 10.6. The van der Waals surface area contributed by atoms with Crippen LogP contribution in [0.15, 0.2) is 47.4 Å². The molecule has 13 heteroatoms. The molecule has 0 radical (unpaired) electrons. The van der Waals surface area contributed by atoms with Gasteiger partial charge in [0.1, 0.15) is 11.6 Å². The molecule has 1 aliphatic carbocycles. The van der Waals surface area contributed by atoms with E-state index in [-0.39, 0.29) is 53.4 Å². The lowest BCUT2D eigenvalue weighted by atomic mass is 9.96. The summed E-state index contributed by atoms with van der Waals surface area (Å²) >= 11 is 0. The van der Waals surface area contributed by atoms with E-state index >= 15 is 0 Å². The number of sulfonamides is 1. The van der Waals surface area contributed by atoms with Gasteiger partial charge in [0.05, 0.1) is 35.3 Å². The minimum Gasteiger partial charge on any atom is -0.490 e. The Morgan fingerprint density at radius 3 is 2.44 bits per heavy atom. The summed E-state index contributed by atoms with van der Waals surface area (Å²) in [5, 5.41) is 13.4. The van der Waals surface area contributed by atoms with E-state index in [1.807, 2.05) is 13.8 Å². The van der Waals surface area contributed by atoms with Gasteiger partial charge < -0.3 is 29.7 Å².